The summed E-state index contributed by atoms with van der Waals surface area (Å²) < 4.78 is 13.3. The third kappa shape index (κ3) is 5.61. The van der Waals surface area contributed by atoms with Crippen LogP contribution in [0.25, 0.3) is 57.4 Å². The van der Waals surface area contributed by atoms with Crippen LogP contribution in [0.2, 0.25) is 0 Å². The monoisotopic (exact) mass is 787 g/mol. The molecule has 0 saturated heterocycles. The van der Waals surface area contributed by atoms with E-state index in [0.29, 0.717) is 0 Å². The molecule has 0 radical (unpaired) electrons. The molecular weight excluding hydrogens is 742 g/mol. The molecule has 5 heteroatoms. The van der Waals surface area contributed by atoms with E-state index >= 15 is 0 Å². The van der Waals surface area contributed by atoms with E-state index in [2.05, 4.69) is 147 Å². The number of hydrogen-bond acceptors (Lipinski definition) is 4. The van der Waals surface area contributed by atoms with Gasteiger partial charge in [-0.15, -0.1) is 0 Å². The summed E-state index contributed by atoms with van der Waals surface area (Å²) in [5.41, 5.74) is 11.0. The number of rotatable bonds is 6. The molecule has 11 rings (SSSR count). The van der Waals surface area contributed by atoms with Crippen LogP contribution in [-0.4, -0.2) is 16.5 Å². The number of hydrogen-bond donors (Lipinski definition) is 1. The molecule has 4 aromatic carbocycles. The van der Waals surface area contributed by atoms with Crippen LogP contribution in [0.15, 0.2) is 154 Å². The van der Waals surface area contributed by atoms with Crippen LogP contribution in [0.4, 0.5) is 0 Å². The fourth-order valence-corrected chi connectivity index (χ4v) is 13.9. The number of pyridine rings is 1. The summed E-state index contributed by atoms with van der Waals surface area (Å²) in [4.78, 5) is 18.5. The molecule has 7 aromatic rings. The molecule has 3 aromatic heterocycles. The van der Waals surface area contributed by atoms with Gasteiger partial charge in [0.2, 0.25) is 0 Å². The second-order valence-corrected chi connectivity index (χ2v) is 21.4. The molecule has 1 N–H and O–H groups in total. The van der Waals surface area contributed by atoms with Crippen LogP contribution < -0.4 is 26.5 Å². The number of nitrogens with zero attached hydrogens (tertiary/aromatic N) is 1. The molecule has 3 unspecified atom stereocenters. The van der Waals surface area contributed by atoms with Gasteiger partial charge in [0.05, 0.1) is 0 Å². The van der Waals surface area contributed by atoms with Crippen LogP contribution in [0.5, 0.6) is 0 Å². The fourth-order valence-electron chi connectivity index (χ4n) is 10.4. The Kier molecular flexibility index (Phi) is 8.41. The summed E-state index contributed by atoms with van der Waals surface area (Å²) in [5.74, 6) is 1.65. The first-order valence-corrected chi connectivity index (χ1v) is 23.6. The van der Waals surface area contributed by atoms with E-state index in [4.69, 9.17) is 13.8 Å². The topological polar surface area (TPSA) is 59.4 Å². The van der Waals surface area contributed by atoms with Crippen LogP contribution in [-0.2, 0) is 0 Å². The Morgan fingerprint density at radius 1 is 0.695 bits per heavy atom. The number of aromatic nitrogens is 1. The minimum Gasteiger partial charge on any atom is -0.456 e. The van der Waals surface area contributed by atoms with Gasteiger partial charge in [0, 0.05) is 10.9 Å². The molecule has 0 fully saturated rings. The summed E-state index contributed by atoms with van der Waals surface area (Å²) in [6, 6.07) is 37.5. The normalized spacial score (nSPS) is 20.3. The van der Waals surface area contributed by atoms with Gasteiger partial charge in [-0.2, -0.15) is 0 Å². The maximum absolute atomic E-state index is 13.0. The fraction of sp³-hybridized carbons (Fsp3) is 0.167. The van der Waals surface area contributed by atoms with Crippen LogP contribution in [0.3, 0.4) is 0 Å². The number of allylic oxidation sites excluding steroid dienone is 8. The smallest absolute Gasteiger partial charge is 0.456 e. The number of para-hydroxylation sites is 1. The van der Waals surface area contributed by atoms with E-state index in [1.165, 1.54) is 43.8 Å². The molecule has 59 heavy (non-hydrogen) atoms. The minimum absolute atomic E-state index is 0.199. The van der Waals surface area contributed by atoms with E-state index < -0.39 is 6.83 Å². The molecule has 3 atom stereocenters. The Bertz CT molecular complexity index is 3060. The number of fused-ring (bicyclic) bond motifs is 8. The Balaban J connectivity index is 1.01. The number of furan rings is 2. The zero-order chi connectivity index (χ0) is 39.7. The van der Waals surface area contributed by atoms with Gasteiger partial charge in [0.1, 0.15) is 11.3 Å². The van der Waals surface area contributed by atoms with Gasteiger partial charge >= 0.3 is 221 Å². The third-order valence-corrected chi connectivity index (χ3v) is 18.1. The van der Waals surface area contributed by atoms with E-state index in [1.54, 1.807) is 0 Å². The zero-order valence-electron chi connectivity index (χ0n) is 33.4. The summed E-state index contributed by atoms with van der Waals surface area (Å²) in [6.45, 7) is 0.670. The van der Waals surface area contributed by atoms with Crippen LogP contribution >= 0.6 is 6.83 Å². The molecule has 0 bridgehead atoms. The average molecular weight is 788 g/mol. The molecule has 4 nitrogen and oxygen atoms in total. The van der Waals surface area contributed by atoms with Crippen molar-refractivity contribution in [2.45, 2.75) is 44.4 Å². The molecule has 0 amide bonds. The molecule has 0 aliphatic heterocycles. The van der Waals surface area contributed by atoms with Gasteiger partial charge in [0.15, 0.2) is 0 Å². The summed E-state index contributed by atoms with van der Waals surface area (Å²) in [6.07, 6.45) is 25.9. The maximum atomic E-state index is 13.0. The van der Waals surface area contributed by atoms with Crippen molar-refractivity contribution < 1.29 is 13.7 Å². The quantitative estimate of drug-likeness (QED) is 0.171. The second kappa shape index (κ2) is 13.8. The molecule has 3 heterocycles. The van der Waals surface area contributed by atoms with Gasteiger partial charge in [-0.05, 0) is 49.3 Å². The zero-order valence-corrected chi connectivity index (χ0v) is 34.3. The molecular formula is C54H46NO3P. The van der Waals surface area contributed by atoms with Crippen molar-refractivity contribution in [2.75, 3.05) is 6.66 Å². The minimum atomic E-state index is -3.69. The molecule has 4 aliphatic carbocycles. The Morgan fingerprint density at radius 3 is 2.12 bits per heavy atom. The van der Waals surface area contributed by atoms with Crippen molar-refractivity contribution in [3.63, 3.8) is 0 Å². The van der Waals surface area contributed by atoms with E-state index in [0.717, 1.165) is 75.3 Å². The summed E-state index contributed by atoms with van der Waals surface area (Å²) >= 11 is 0. The van der Waals surface area contributed by atoms with Crippen molar-refractivity contribution in [1.82, 2.24) is 4.98 Å². The third-order valence-electron chi connectivity index (χ3n) is 13.5. The summed E-state index contributed by atoms with van der Waals surface area (Å²) in [7, 11) is 0. The Morgan fingerprint density at radius 2 is 1.37 bits per heavy atom. The first kappa shape index (κ1) is 36.1. The van der Waals surface area contributed by atoms with Gasteiger partial charge < -0.3 is 4.42 Å². The average Bonchev–Trinajstić information content (AvgIpc) is 3.76. The van der Waals surface area contributed by atoms with Crippen LogP contribution in [0, 0.1) is 5.92 Å². The van der Waals surface area contributed by atoms with Gasteiger partial charge in [-0.3, -0.25) is 0 Å². The molecule has 4 aliphatic rings. The standard InChI is InChI=1S/C54H46NO3P/c1-35-34-37(36-28-31-40(32-29-36)59(2,56,38-16-6-3-7-17-38)39-18-8-4-9-19-39)30-33-41(35)53-54-52(45-20-10-5-11-25-48(45)58-54)51-43(22-14-24-46(51)55-53)42-23-15-27-49-50(42)44-21-12-13-26-47(44)57-49/h3-9,11-21,24-33,35,42-43,56H,10,22-23,34H2,1-2H3. The van der Waals surface area contributed by atoms with Crippen LogP contribution in [0.1, 0.15) is 78.3 Å². The SMILES string of the molecule is CC1CC(c2ccc(P(C)(O)(c3ccccc3)c3ccccc3)cc2)=CC=C1c1nc2c(c3c4c(oc13)=CC=CCC=4)C(C1CC=Cc3oc4ccccc4c31)CC=C2. The Hall–Kier alpha value is -6.06. The molecule has 290 valence electrons. The van der Waals surface area contributed by atoms with Crippen molar-refractivity contribution in [2.24, 2.45) is 5.92 Å². The first-order valence-electron chi connectivity index (χ1n) is 20.9. The predicted octanol–water partition coefficient (Wildman–Crippen LogP) is 10.7. The van der Waals surface area contributed by atoms with E-state index in [-0.39, 0.29) is 17.8 Å². The van der Waals surface area contributed by atoms with Crippen molar-refractivity contribution >= 4 is 80.1 Å². The number of benzene rings is 4. The predicted molar refractivity (Wildman–Crippen MR) is 248 cm³/mol. The first-order chi connectivity index (χ1) is 28.9. The van der Waals surface area contributed by atoms with E-state index in [1.807, 2.05) is 36.4 Å². The Labute approximate surface area is 344 Å². The summed E-state index contributed by atoms with van der Waals surface area (Å²) in [5, 5.41) is 6.46. The molecule has 0 spiro atoms. The van der Waals surface area contributed by atoms with Gasteiger partial charge in [0.25, 0.3) is 0 Å². The van der Waals surface area contributed by atoms with Gasteiger partial charge in [-0.25, -0.2) is 0 Å². The van der Waals surface area contributed by atoms with E-state index in [9.17, 15) is 4.89 Å². The van der Waals surface area contributed by atoms with Gasteiger partial charge in [-0.1, -0.05) is 48.6 Å². The second-order valence-electron chi connectivity index (χ2n) is 16.9. The van der Waals surface area contributed by atoms with Crippen molar-refractivity contribution in [3.05, 3.63) is 190 Å². The van der Waals surface area contributed by atoms with Crippen molar-refractivity contribution in [1.29, 1.82) is 0 Å². The molecule has 0 saturated carbocycles. The van der Waals surface area contributed by atoms with Crippen molar-refractivity contribution in [3.8, 4) is 0 Å².